The first kappa shape index (κ1) is 10.2. The highest BCUT2D eigenvalue weighted by molar-refractivity contribution is 5.97. The van der Waals surface area contributed by atoms with Gasteiger partial charge in [0, 0.05) is 35.5 Å². The molecule has 0 aliphatic carbocycles. The highest BCUT2D eigenvalue weighted by Gasteiger charge is 2.45. The van der Waals surface area contributed by atoms with Gasteiger partial charge in [0.25, 0.3) is 0 Å². The first-order chi connectivity index (χ1) is 8.24. The number of aliphatic imine (C=N–C) groups is 1. The van der Waals surface area contributed by atoms with Crippen molar-refractivity contribution in [3.63, 3.8) is 0 Å². The zero-order valence-electron chi connectivity index (χ0n) is 9.55. The van der Waals surface area contributed by atoms with E-state index in [-0.39, 0.29) is 17.2 Å². The summed E-state index contributed by atoms with van der Waals surface area (Å²) in [7, 11) is 0. The summed E-state index contributed by atoms with van der Waals surface area (Å²) in [6.45, 7) is 1.95. The average Bonchev–Trinajstić information content (AvgIpc) is 2.38. The van der Waals surface area contributed by atoms with Gasteiger partial charge in [0.1, 0.15) is 5.82 Å². The molecule has 4 heteroatoms. The monoisotopic (exact) mass is 227 g/mol. The Morgan fingerprint density at radius 1 is 1.53 bits per heavy atom. The highest BCUT2D eigenvalue weighted by Crippen LogP contribution is 2.44. The van der Waals surface area contributed by atoms with Crippen molar-refractivity contribution >= 4 is 17.9 Å². The fraction of sp³-hybridized carbons (Fsp3) is 0.308. The Balaban J connectivity index is 2.22. The number of carbonyl (C=O) groups is 1. The zero-order chi connectivity index (χ0) is 11.9. The number of hydrogen-bond donors (Lipinski definition) is 1. The molecule has 0 aromatic carbocycles. The summed E-state index contributed by atoms with van der Waals surface area (Å²) < 4.78 is 0. The van der Waals surface area contributed by atoms with E-state index in [9.17, 15) is 4.79 Å². The van der Waals surface area contributed by atoms with Gasteiger partial charge < -0.3 is 5.32 Å². The minimum Gasteiger partial charge on any atom is -0.310 e. The molecule has 3 heterocycles. The lowest BCUT2D eigenvalue weighted by molar-refractivity contribution is -0.121. The molecule has 3 rings (SSSR count). The minimum atomic E-state index is -0.284. The largest absolute Gasteiger partial charge is 0.310 e. The average molecular weight is 227 g/mol. The number of allylic oxidation sites excluding steroid dienone is 1. The number of rotatable bonds is 0. The number of nitrogens with zero attached hydrogens (tertiary/aromatic N) is 2. The van der Waals surface area contributed by atoms with Crippen LogP contribution in [0.25, 0.3) is 0 Å². The Bertz CT molecular complexity index is 535. The van der Waals surface area contributed by atoms with Crippen LogP contribution in [0.5, 0.6) is 0 Å². The lowest BCUT2D eigenvalue weighted by Gasteiger charge is -2.40. The Labute approximate surface area is 99.5 Å². The third-order valence-electron chi connectivity index (χ3n) is 3.71. The summed E-state index contributed by atoms with van der Waals surface area (Å²) in [5.74, 6) is 0.592. The molecule has 0 radical (unpaired) electrons. The van der Waals surface area contributed by atoms with Crippen molar-refractivity contribution in [2.75, 3.05) is 5.32 Å². The van der Waals surface area contributed by atoms with Crippen LogP contribution < -0.4 is 5.32 Å². The zero-order valence-corrected chi connectivity index (χ0v) is 9.55. The molecule has 1 aromatic rings. The maximum atomic E-state index is 12.0. The SMILES string of the molecule is CC1C(=O)Nc2ncccc2C12C=CN=CC2. The van der Waals surface area contributed by atoms with Gasteiger partial charge in [-0.25, -0.2) is 4.98 Å². The van der Waals surface area contributed by atoms with E-state index >= 15 is 0 Å². The van der Waals surface area contributed by atoms with Gasteiger partial charge in [-0.3, -0.25) is 9.79 Å². The first-order valence-electron chi connectivity index (χ1n) is 5.70. The molecule has 2 atom stereocenters. The summed E-state index contributed by atoms with van der Waals surface area (Å²) in [6, 6.07) is 3.94. The molecular weight excluding hydrogens is 214 g/mol. The third-order valence-corrected chi connectivity index (χ3v) is 3.71. The fourth-order valence-electron chi connectivity index (χ4n) is 2.60. The molecular formula is C13H13N3O. The Morgan fingerprint density at radius 3 is 3.18 bits per heavy atom. The van der Waals surface area contributed by atoms with Crippen molar-refractivity contribution in [2.45, 2.75) is 18.8 Å². The molecule has 0 bridgehead atoms. The van der Waals surface area contributed by atoms with Crippen LogP contribution in [-0.2, 0) is 10.2 Å². The molecule has 2 aliphatic rings. The number of nitrogens with one attached hydrogen (secondary N) is 1. The molecule has 4 nitrogen and oxygen atoms in total. The van der Waals surface area contributed by atoms with E-state index in [0.29, 0.717) is 5.82 Å². The van der Waals surface area contributed by atoms with Crippen molar-refractivity contribution in [3.05, 3.63) is 36.2 Å². The van der Waals surface area contributed by atoms with Gasteiger partial charge in [0.2, 0.25) is 5.91 Å². The lowest BCUT2D eigenvalue weighted by Crippen LogP contribution is -2.45. The van der Waals surface area contributed by atoms with Crippen LogP contribution in [-0.4, -0.2) is 17.1 Å². The summed E-state index contributed by atoms with van der Waals surface area (Å²) in [4.78, 5) is 20.3. The lowest BCUT2D eigenvalue weighted by atomic mass is 9.66. The molecule has 1 spiro atoms. The molecule has 0 saturated heterocycles. The van der Waals surface area contributed by atoms with Gasteiger partial charge in [0.15, 0.2) is 0 Å². The van der Waals surface area contributed by atoms with Crippen LogP contribution in [0, 0.1) is 5.92 Å². The standard InChI is InChI=1S/C13H13N3O/c1-9-12(17)16-11-10(3-2-6-15-11)13(9)4-7-14-8-5-13/h2-4,6-9H,5H2,1H3,(H,15,16,17). The Hall–Kier alpha value is -1.97. The van der Waals surface area contributed by atoms with Crippen LogP contribution in [0.4, 0.5) is 5.82 Å². The van der Waals surface area contributed by atoms with Crippen LogP contribution in [0.15, 0.2) is 35.6 Å². The van der Waals surface area contributed by atoms with E-state index in [1.165, 1.54) is 0 Å². The molecule has 17 heavy (non-hydrogen) atoms. The number of aromatic nitrogens is 1. The summed E-state index contributed by atoms with van der Waals surface area (Å²) in [5.41, 5.74) is 0.794. The second kappa shape index (κ2) is 3.52. The van der Waals surface area contributed by atoms with Crippen LogP contribution >= 0.6 is 0 Å². The molecule has 0 fully saturated rings. The van der Waals surface area contributed by atoms with E-state index in [4.69, 9.17) is 0 Å². The van der Waals surface area contributed by atoms with E-state index in [0.717, 1.165) is 12.0 Å². The second-order valence-corrected chi connectivity index (χ2v) is 4.50. The third kappa shape index (κ3) is 1.33. The van der Waals surface area contributed by atoms with E-state index in [2.05, 4.69) is 15.3 Å². The summed E-state index contributed by atoms with van der Waals surface area (Å²) in [5, 5.41) is 2.85. The number of hydrogen-bond acceptors (Lipinski definition) is 3. The normalized spacial score (nSPS) is 30.2. The van der Waals surface area contributed by atoms with Crippen molar-refractivity contribution in [3.8, 4) is 0 Å². The number of fused-ring (bicyclic) bond motifs is 2. The van der Waals surface area contributed by atoms with Gasteiger partial charge in [0.05, 0.1) is 0 Å². The maximum Gasteiger partial charge on any atom is 0.229 e. The molecule has 1 N–H and O–H groups in total. The van der Waals surface area contributed by atoms with Gasteiger partial charge in [-0.05, 0) is 12.5 Å². The molecule has 0 saturated carbocycles. The predicted octanol–water partition coefficient (Wildman–Crippen LogP) is 1.90. The fourth-order valence-corrected chi connectivity index (χ4v) is 2.60. The highest BCUT2D eigenvalue weighted by atomic mass is 16.2. The van der Waals surface area contributed by atoms with Crippen LogP contribution in [0.1, 0.15) is 18.9 Å². The van der Waals surface area contributed by atoms with Crippen molar-refractivity contribution in [1.82, 2.24) is 4.98 Å². The van der Waals surface area contributed by atoms with Crippen molar-refractivity contribution in [2.24, 2.45) is 10.9 Å². The molecule has 1 amide bonds. The van der Waals surface area contributed by atoms with Gasteiger partial charge >= 0.3 is 0 Å². The van der Waals surface area contributed by atoms with E-state index in [1.807, 2.05) is 31.3 Å². The Morgan fingerprint density at radius 2 is 2.41 bits per heavy atom. The van der Waals surface area contributed by atoms with Crippen molar-refractivity contribution in [1.29, 1.82) is 0 Å². The van der Waals surface area contributed by atoms with Crippen LogP contribution in [0.2, 0.25) is 0 Å². The molecule has 1 aromatic heterocycles. The number of pyridine rings is 1. The minimum absolute atomic E-state index is 0.0242. The predicted molar refractivity (Wildman–Crippen MR) is 66.0 cm³/mol. The summed E-state index contributed by atoms with van der Waals surface area (Å²) in [6.07, 6.45) is 8.11. The number of carbonyl (C=O) groups excluding carboxylic acids is 1. The maximum absolute atomic E-state index is 12.0. The van der Waals surface area contributed by atoms with Crippen LogP contribution in [0.3, 0.4) is 0 Å². The van der Waals surface area contributed by atoms with Gasteiger partial charge in [-0.15, -0.1) is 0 Å². The van der Waals surface area contributed by atoms with Gasteiger partial charge in [-0.2, -0.15) is 0 Å². The molecule has 2 aliphatic heterocycles. The Kier molecular flexibility index (Phi) is 2.11. The number of amides is 1. The van der Waals surface area contributed by atoms with Crippen molar-refractivity contribution < 1.29 is 4.79 Å². The second-order valence-electron chi connectivity index (χ2n) is 4.50. The molecule has 86 valence electrons. The summed E-state index contributed by atoms with van der Waals surface area (Å²) >= 11 is 0. The number of anilines is 1. The van der Waals surface area contributed by atoms with E-state index < -0.39 is 0 Å². The van der Waals surface area contributed by atoms with Gasteiger partial charge in [-0.1, -0.05) is 19.1 Å². The molecule has 2 unspecified atom stereocenters. The quantitative estimate of drug-likeness (QED) is 0.736. The topological polar surface area (TPSA) is 54.4 Å². The van der Waals surface area contributed by atoms with E-state index in [1.54, 1.807) is 12.4 Å². The smallest absolute Gasteiger partial charge is 0.229 e. The first-order valence-corrected chi connectivity index (χ1v) is 5.70.